The molecule has 2 N–H and O–H groups in total. The summed E-state index contributed by atoms with van der Waals surface area (Å²) in [4.78, 5) is 25.4. The van der Waals surface area contributed by atoms with Crippen LogP contribution in [0.1, 0.15) is 181 Å². The van der Waals surface area contributed by atoms with E-state index >= 15 is 0 Å². The van der Waals surface area contributed by atoms with Crippen LogP contribution in [0.3, 0.4) is 0 Å². The van der Waals surface area contributed by atoms with Gasteiger partial charge in [0.2, 0.25) is 5.91 Å². The van der Waals surface area contributed by atoms with Crippen molar-refractivity contribution < 1.29 is 28.4 Å². The molecule has 0 bridgehead atoms. The maximum absolute atomic E-state index is 12.8. The number of carbonyl (C=O) groups excluding carboxylic acids is 1. The summed E-state index contributed by atoms with van der Waals surface area (Å²) in [7, 11) is 5.94. The Morgan fingerprint density at radius 3 is 1.60 bits per heavy atom. The van der Waals surface area contributed by atoms with Gasteiger partial charge >= 0.3 is 0 Å². The monoisotopic (exact) mass is 719 g/mol. The molecule has 1 amide bonds. The zero-order valence-corrected chi connectivity index (χ0v) is 33.9. The summed E-state index contributed by atoms with van der Waals surface area (Å²) in [5, 5.41) is 13.9. The van der Waals surface area contributed by atoms with Crippen LogP contribution < -0.4 is 10.2 Å². The smallest absolute Gasteiger partial charge is 0.220 e. The topological polar surface area (TPSA) is 98.7 Å². The van der Waals surface area contributed by atoms with E-state index in [2.05, 4.69) is 19.2 Å². The molecular weight excluding hydrogens is 639 g/mol. The van der Waals surface area contributed by atoms with Crippen molar-refractivity contribution in [3.05, 3.63) is 12.2 Å². The zero-order chi connectivity index (χ0) is 35.8. The summed E-state index contributed by atoms with van der Waals surface area (Å²) >= 11 is 0.679. The number of hydrogen-bond acceptors (Lipinski definition) is 6. The lowest BCUT2D eigenvalue weighted by molar-refractivity contribution is -0.870. The Balaban J connectivity index is 4.50. The van der Waals surface area contributed by atoms with Gasteiger partial charge in [0, 0.05) is 12.2 Å². The molecule has 1 unspecified atom stereocenters. The van der Waals surface area contributed by atoms with E-state index in [1.54, 1.807) is 6.08 Å². The summed E-state index contributed by atoms with van der Waals surface area (Å²) < 4.78 is 18.4. The Labute approximate surface area is 302 Å². The van der Waals surface area contributed by atoms with E-state index in [1.807, 2.05) is 27.2 Å². The van der Waals surface area contributed by atoms with Crippen molar-refractivity contribution in [1.82, 2.24) is 5.32 Å². The molecule has 0 aromatic heterocycles. The molecule has 0 fully saturated rings. The zero-order valence-electron chi connectivity index (χ0n) is 32.2. The minimum atomic E-state index is -4.16. The molecule has 0 saturated heterocycles. The summed E-state index contributed by atoms with van der Waals surface area (Å²) in [6.07, 6.45) is 34.4. The lowest BCUT2D eigenvalue weighted by Gasteiger charge is -2.29. The highest BCUT2D eigenvalue weighted by molar-refractivity contribution is 8.54. The number of allylic oxidation sites excluding steroid dienone is 1. The van der Waals surface area contributed by atoms with Gasteiger partial charge in [-0.2, -0.15) is 0 Å². The minimum Gasteiger partial charge on any atom is -0.770 e. The molecule has 48 heavy (non-hydrogen) atoms. The quantitative estimate of drug-likeness (QED) is 0.0290. The predicted molar refractivity (Wildman–Crippen MR) is 207 cm³/mol. The molecule has 0 radical (unpaired) electrons. The number of nitrogens with one attached hydrogen (secondary N) is 1. The van der Waals surface area contributed by atoms with Crippen LogP contribution in [0.15, 0.2) is 12.2 Å². The van der Waals surface area contributed by atoms with E-state index < -0.39 is 18.9 Å². The summed E-state index contributed by atoms with van der Waals surface area (Å²) in [6, 6.07) is -0.692. The standard InChI is InChI=1S/C39H79N2O5PS/c1-6-8-10-12-14-16-18-20-22-24-26-28-30-32-38(42)37(36-48-47(44,45)46-35-34-41(3,4)5)40-39(43)33-31-29-27-25-23-21-19-17-15-13-11-9-7-2/h30,32,37-38,42H,6-29,31,33-36H2,1-5H3,(H-,40,43,44,45)/b32-30+/t37-,38+/m0/s1. The van der Waals surface area contributed by atoms with Crippen molar-refractivity contribution >= 4 is 24.1 Å². The number of quaternary nitrogens is 1. The molecule has 0 aromatic carbocycles. The molecule has 0 rings (SSSR count). The van der Waals surface area contributed by atoms with E-state index in [1.165, 1.54) is 128 Å². The van der Waals surface area contributed by atoms with Crippen LogP contribution in [0.4, 0.5) is 0 Å². The highest BCUT2D eigenvalue weighted by atomic mass is 32.7. The van der Waals surface area contributed by atoms with Crippen LogP contribution >= 0.6 is 18.2 Å². The molecule has 0 aromatic rings. The van der Waals surface area contributed by atoms with Gasteiger partial charge in [-0.05, 0) is 19.3 Å². The number of amides is 1. The second-order valence-corrected chi connectivity index (χ2v) is 18.9. The first-order valence-corrected chi connectivity index (χ1v) is 23.2. The van der Waals surface area contributed by atoms with Crippen molar-refractivity contribution in [2.45, 2.75) is 193 Å². The normalized spacial score (nSPS) is 14.7. The number of likely N-dealkylation sites (N-methyl/N-ethyl adjacent to an activating group) is 1. The third kappa shape index (κ3) is 34.1. The first kappa shape index (κ1) is 47.6. The minimum absolute atomic E-state index is 0.0411. The van der Waals surface area contributed by atoms with Gasteiger partial charge in [-0.15, -0.1) is 0 Å². The third-order valence-corrected chi connectivity index (χ3v) is 12.0. The number of aliphatic hydroxyl groups is 1. The Morgan fingerprint density at radius 1 is 0.750 bits per heavy atom. The Kier molecular flexibility index (Phi) is 32.3. The second kappa shape index (κ2) is 32.5. The lowest BCUT2D eigenvalue weighted by Crippen LogP contribution is -2.44. The maximum Gasteiger partial charge on any atom is 0.220 e. The van der Waals surface area contributed by atoms with Crippen LogP contribution in [0.5, 0.6) is 0 Å². The van der Waals surface area contributed by atoms with E-state index in [9.17, 15) is 19.4 Å². The van der Waals surface area contributed by atoms with Gasteiger partial charge in [-0.1, -0.05) is 179 Å². The first-order valence-electron chi connectivity index (χ1n) is 20.1. The molecule has 7 nitrogen and oxygen atoms in total. The van der Waals surface area contributed by atoms with Crippen LogP contribution in [0.2, 0.25) is 0 Å². The van der Waals surface area contributed by atoms with E-state index in [-0.39, 0.29) is 18.3 Å². The third-order valence-electron chi connectivity index (χ3n) is 9.00. The van der Waals surface area contributed by atoms with Crippen LogP contribution in [0.25, 0.3) is 0 Å². The number of hydrogen-bond donors (Lipinski definition) is 2. The highest BCUT2D eigenvalue weighted by Crippen LogP contribution is 2.51. The predicted octanol–water partition coefficient (Wildman–Crippen LogP) is 10.5. The van der Waals surface area contributed by atoms with Gasteiger partial charge in [0.05, 0.1) is 33.3 Å². The number of nitrogens with zero attached hydrogens (tertiary/aromatic N) is 1. The van der Waals surface area contributed by atoms with E-state index in [0.717, 1.165) is 32.1 Å². The van der Waals surface area contributed by atoms with Crippen molar-refractivity contribution in [3.63, 3.8) is 0 Å². The Hall–Kier alpha value is -0.370. The van der Waals surface area contributed by atoms with E-state index in [4.69, 9.17) is 4.52 Å². The Morgan fingerprint density at radius 2 is 1.17 bits per heavy atom. The molecule has 0 aliphatic rings. The average molecular weight is 719 g/mol. The SMILES string of the molecule is CCCCCCCCCCCCC/C=C/[C@@H](O)[C@H](CSP(=O)([O-])OCC[N+](C)(C)C)NC(=O)CCCCCCCCCCCCCCC. The largest absolute Gasteiger partial charge is 0.770 e. The van der Waals surface area contributed by atoms with Crippen LogP contribution in [0, 0.1) is 0 Å². The molecule has 0 saturated carbocycles. The molecule has 0 heterocycles. The van der Waals surface area contributed by atoms with Gasteiger partial charge in [-0.3, -0.25) is 9.36 Å². The summed E-state index contributed by atoms with van der Waals surface area (Å²) in [6.45, 7) is 1.03. The molecule has 286 valence electrons. The van der Waals surface area contributed by atoms with Crippen molar-refractivity contribution in [1.29, 1.82) is 0 Å². The van der Waals surface area contributed by atoms with Gasteiger partial charge in [0.15, 0.2) is 6.80 Å². The van der Waals surface area contributed by atoms with Gasteiger partial charge in [-0.25, -0.2) is 0 Å². The molecule has 3 atom stereocenters. The molecule has 0 aliphatic heterocycles. The maximum atomic E-state index is 12.8. The molecule has 0 spiro atoms. The fraction of sp³-hybridized carbons (Fsp3) is 0.923. The van der Waals surface area contributed by atoms with Gasteiger partial charge in [0.25, 0.3) is 0 Å². The summed E-state index contributed by atoms with van der Waals surface area (Å²) in [5.74, 6) is -0.0902. The number of carbonyl (C=O) groups is 1. The average Bonchev–Trinajstić information content (AvgIpc) is 3.02. The summed E-state index contributed by atoms with van der Waals surface area (Å²) in [5.41, 5.74) is 0. The lowest BCUT2D eigenvalue weighted by atomic mass is 10.0. The van der Waals surface area contributed by atoms with Crippen LogP contribution in [-0.4, -0.2) is 67.7 Å². The second-order valence-electron chi connectivity index (χ2n) is 15.0. The van der Waals surface area contributed by atoms with Gasteiger partial charge in [0.1, 0.15) is 13.2 Å². The van der Waals surface area contributed by atoms with Crippen molar-refractivity contribution in [3.8, 4) is 0 Å². The van der Waals surface area contributed by atoms with E-state index in [0.29, 0.717) is 28.8 Å². The number of aliphatic hydroxyl groups excluding tert-OH is 1. The highest BCUT2D eigenvalue weighted by Gasteiger charge is 2.23. The van der Waals surface area contributed by atoms with Crippen molar-refractivity contribution in [2.24, 2.45) is 0 Å². The first-order chi connectivity index (χ1) is 23.0. The van der Waals surface area contributed by atoms with Crippen molar-refractivity contribution in [2.75, 3.05) is 40.0 Å². The van der Waals surface area contributed by atoms with Gasteiger partial charge < -0.3 is 24.3 Å². The fourth-order valence-corrected chi connectivity index (χ4v) is 8.22. The number of unbranched alkanes of at least 4 members (excludes halogenated alkanes) is 23. The molecular formula is C39H79N2O5PS. The number of rotatable bonds is 36. The van der Waals surface area contributed by atoms with Crippen LogP contribution in [-0.2, 0) is 13.9 Å². The molecule has 0 aliphatic carbocycles. The Bertz CT molecular complexity index is 808. The molecule has 9 heteroatoms. The fourth-order valence-electron chi connectivity index (χ4n) is 5.74.